The van der Waals surface area contributed by atoms with Gasteiger partial charge in [-0.05, 0) is 69.1 Å². The maximum atomic E-state index is 13.3. The zero-order valence-electron chi connectivity index (χ0n) is 23.4. The minimum Gasteiger partial charge on any atom is -0.384 e. The SMILES string of the molecule is CCCC/C(=C\c1cnc(N)cc1C)CNC(=O)C1CCc2ncc(NCCCC(=N)SC(=N)C3CC3)c(=O)n21. The highest BCUT2D eigenvalue weighted by Gasteiger charge is 2.31. The van der Waals surface area contributed by atoms with Gasteiger partial charge in [-0.25, -0.2) is 9.97 Å². The number of nitrogens with one attached hydrogen (secondary N) is 4. The van der Waals surface area contributed by atoms with Crippen LogP contribution in [0.1, 0.15) is 81.3 Å². The van der Waals surface area contributed by atoms with Crippen LogP contribution < -0.4 is 21.9 Å². The Bertz CT molecular complexity index is 1350. The van der Waals surface area contributed by atoms with E-state index in [0.29, 0.717) is 72.1 Å². The lowest BCUT2D eigenvalue weighted by Gasteiger charge is -2.17. The van der Waals surface area contributed by atoms with Crippen LogP contribution in [0.2, 0.25) is 0 Å². The molecule has 4 rings (SSSR count). The van der Waals surface area contributed by atoms with Crippen molar-refractivity contribution in [2.24, 2.45) is 5.92 Å². The molecular formula is C29H40N8O2S. The summed E-state index contributed by atoms with van der Waals surface area (Å²) >= 11 is 1.26. The quantitative estimate of drug-likeness (QED) is 0.134. The predicted molar refractivity (Wildman–Crippen MR) is 163 cm³/mol. The number of aryl methyl sites for hydroxylation is 2. The van der Waals surface area contributed by atoms with E-state index >= 15 is 0 Å². The van der Waals surface area contributed by atoms with E-state index in [1.54, 1.807) is 12.4 Å². The van der Waals surface area contributed by atoms with Gasteiger partial charge in [0.1, 0.15) is 23.4 Å². The molecule has 1 amide bonds. The fraction of sp³-hybridized carbons (Fsp3) is 0.517. The molecule has 0 saturated heterocycles. The van der Waals surface area contributed by atoms with Crippen molar-refractivity contribution < 1.29 is 4.79 Å². The molecule has 0 aromatic carbocycles. The predicted octanol–water partition coefficient (Wildman–Crippen LogP) is 4.70. The largest absolute Gasteiger partial charge is 0.384 e. The summed E-state index contributed by atoms with van der Waals surface area (Å²) in [4.78, 5) is 35.2. The topological polar surface area (TPSA) is 163 Å². The van der Waals surface area contributed by atoms with E-state index in [1.165, 1.54) is 16.3 Å². The van der Waals surface area contributed by atoms with Gasteiger partial charge in [-0.15, -0.1) is 0 Å². The molecule has 1 unspecified atom stereocenters. The van der Waals surface area contributed by atoms with Crippen LogP contribution >= 0.6 is 11.8 Å². The smallest absolute Gasteiger partial charge is 0.277 e. The molecule has 0 radical (unpaired) electrons. The van der Waals surface area contributed by atoms with Crippen LogP contribution in [0.5, 0.6) is 0 Å². The van der Waals surface area contributed by atoms with Gasteiger partial charge in [0.25, 0.3) is 5.56 Å². The van der Waals surface area contributed by atoms with E-state index in [9.17, 15) is 9.59 Å². The summed E-state index contributed by atoms with van der Waals surface area (Å²) in [6.07, 6.45) is 12.7. The standard InChI is InChI=1S/C29H40N8O2S/c1-3-4-6-19(14-21-16-34-24(30)13-18(21)2)15-36-28(38)23-10-11-26-35-17-22(29(39)37(23)26)33-12-5-7-25(31)40-27(32)20-8-9-20/h13-14,16-17,20,23,31-33H,3-12,15H2,1-2H3,(H2,30,34)(H,36,38)/b19-14+,31-25?,32-27?. The fourth-order valence-corrected chi connectivity index (χ4v) is 5.67. The van der Waals surface area contributed by atoms with E-state index in [4.69, 9.17) is 16.6 Å². The van der Waals surface area contributed by atoms with Gasteiger partial charge in [0.2, 0.25) is 5.91 Å². The third kappa shape index (κ3) is 7.80. The van der Waals surface area contributed by atoms with Gasteiger partial charge in [-0.3, -0.25) is 25.0 Å². The Morgan fingerprint density at radius 2 is 2.00 bits per heavy atom. The third-order valence-electron chi connectivity index (χ3n) is 7.28. The Kier molecular flexibility index (Phi) is 10.1. The van der Waals surface area contributed by atoms with Gasteiger partial charge in [0.15, 0.2) is 0 Å². The molecule has 2 aromatic rings. The monoisotopic (exact) mass is 564 g/mol. The van der Waals surface area contributed by atoms with Crippen molar-refractivity contribution in [1.29, 1.82) is 10.8 Å². The summed E-state index contributed by atoms with van der Waals surface area (Å²) in [5.74, 6) is 1.28. The van der Waals surface area contributed by atoms with Crippen LogP contribution in [-0.2, 0) is 11.2 Å². The Balaban J connectivity index is 1.35. The third-order valence-corrected chi connectivity index (χ3v) is 8.28. The zero-order chi connectivity index (χ0) is 28.6. The Hall–Kier alpha value is -3.47. The second kappa shape index (κ2) is 13.7. The molecule has 10 nitrogen and oxygen atoms in total. The van der Waals surface area contributed by atoms with E-state index in [0.717, 1.165) is 48.8 Å². The van der Waals surface area contributed by atoms with Crippen molar-refractivity contribution in [3.05, 3.63) is 51.3 Å². The number of rotatable bonds is 13. The normalized spacial score (nSPS) is 16.4. The number of carbonyl (C=O) groups is 1. The molecule has 1 saturated carbocycles. The Morgan fingerprint density at radius 1 is 1.20 bits per heavy atom. The molecule has 1 atom stereocenters. The molecule has 1 aliphatic carbocycles. The number of unbranched alkanes of at least 4 members (excludes halogenated alkanes) is 1. The number of nitrogens with two attached hydrogens (primary N) is 1. The average Bonchev–Trinajstić information content (AvgIpc) is 3.69. The van der Waals surface area contributed by atoms with E-state index in [2.05, 4.69) is 33.6 Å². The van der Waals surface area contributed by atoms with Crippen LogP contribution in [0.3, 0.4) is 0 Å². The molecule has 3 heterocycles. The molecule has 2 aromatic heterocycles. The second-order valence-corrected chi connectivity index (χ2v) is 11.7. The summed E-state index contributed by atoms with van der Waals surface area (Å²) < 4.78 is 1.52. The Morgan fingerprint density at radius 3 is 2.73 bits per heavy atom. The fourth-order valence-electron chi connectivity index (χ4n) is 4.75. The maximum Gasteiger partial charge on any atom is 0.277 e. The van der Waals surface area contributed by atoms with Gasteiger partial charge in [0.05, 0.1) is 16.3 Å². The van der Waals surface area contributed by atoms with E-state index in [-0.39, 0.29) is 11.5 Å². The number of amides is 1. The molecule has 214 valence electrons. The number of anilines is 2. The first-order valence-corrected chi connectivity index (χ1v) is 15.0. The molecule has 2 aliphatic rings. The van der Waals surface area contributed by atoms with E-state index in [1.807, 2.05) is 13.0 Å². The first-order valence-electron chi connectivity index (χ1n) is 14.1. The van der Waals surface area contributed by atoms with Crippen LogP contribution in [0, 0.1) is 23.7 Å². The van der Waals surface area contributed by atoms with Crippen molar-refractivity contribution in [3.63, 3.8) is 0 Å². The van der Waals surface area contributed by atoms with Gasteiger partial charge >= 0.3 is 0 Å². The van der Waals surface area contributed by atoms with Crippen LogP contribution in [0.15, 0.2) is 28.8 Å². The molecule has 0 bridgehead atoms. The van der Waals surface area contributed by atoms with E-state index < -0.39 is 6.04 Å². The number of fused-ring (bicyclic) bond motifs is 1. The molecule has 1 fully saturated rings. The van der Waals surface area contributed by atoms with Crippen LogP contribution in [0.25, 0.3) is 6.08 Å². The second-order valence-electron chi connectivity index (χ2n) is 10.6. The summed E-state index contributed by atoms with van der Waals surface area (Å²) in [6, 6.07) is 1.24. The Labute approximate surface area is 239 Å². The number of hydrogen-bond donors (Lipinski definition) is 5. The van der Waals surface area contributed by atoms with Crippen LogP contribution in [-0.4, -0.2) is 43.6 Å². The molecule has 1 aliphatic heterocycles. The van der Waals surface area contributed by atoms with Crippen LogP contribution in [0.4, 0.5) is 11.5 Å². The first kappa shape index (κ1) is 29.5. The number of hydrogen-bond acceptors (Lipinski definition) is 9. The zero-order valence-corrected chi connectivity index (χ0v) is 24.2. The van der Waals surface area contributed by atoms with Gasteiger partial charge in [-0.2, -0.15) is 0 Å². The maximum absolute atomic E-state index is 13.3. The summed E-state index contributed by atoms with van der Waals surface area (Å²) in [7, 11) is 0. The van der Waals surface area contributed by atoms with Gasteiger partial charge in [-0.1, -0.05) is 36.8 Å². The first-order chi connectivity index (χ1) is 19.3. The number of aromatic nitrogens is 3. The number of carbonyl (C=O) groups excluding carboxylic acids is 1. The minimum atomic E-state index is -0.595. The number of nitrogen functional groups attached to an aromatic ring is 1. The molecule has 0 spiro atoms. The molecule has 40 heavy (non-hydrogen) atoms. The van der Waals surface area contributed by atoms with Gasteiger partial charge < -0.3 is 16.4 Å². The summed E-state index contributed by atoms with van der Waals surface area (Å²) in [6.45, 7) is 5.04. The number of pyridine rings is 1. The summed E-state index contributed by atoms with van der Waals surface area (Å²) in [5, 5.41) is 23.3. The van der Waals surface area contributed by atoms with Crippen molar-refractivity contribution >= 4 is 45.3 Å². The van der Waals surface area contributed by atoms with Crippen molar-refractivity contribution in [2.75, 3.05) is 24.1 Å². The molecular weight excluding hydrogens is 524 g/mol. The highest BCUT2D eigenvalue weighted by atomic mass is 32.2. The van der Waals surface area contributed by atoms with Crippen molar-refractivity contribution in [3.8, 4) is 0 Å². The van der Waals surface area contributed by atoms with Crippen molar-refractivity contribution in [1.82, 2.24) is 19.9 Å². The lowest BCUT2D eigenvalue weighted by atomic mass is 10.0. The highest BCUT2D eigenvalue weighted by molar-refractivity contribution is 8.26. The lowest BCUT2D eigenvalue weighted by Crippen LogP contribution is -2.37. The number of nitrogens with zero attached hydrogens (tertiary/aromatic N) is 3. The molecule has 6 N–H and O–H groups in total. The minimum absolute atomic E-state index is 0.182. The average molecular weight is 565 g/mol. The number of thioether (sulfide) groups is 1. The highest BCUT2D eigenvalue weighted by Crippen LogP contribution is 2.34. The summed E-state index contributed by atoms with van der Waals surface area (Å²) in [5.41, 5.74) is 9.03. The lowest BCUT2D eigenvalue weighted by molar-refractivity contribution is -0.124. The van der Waals surface area contributed by atoms with Crippen molar-refractivity contribution in [2.45, 2.75) is 77.7 Å². The van der Waals surface area contributed by atoms with Gasteiger partial charge in [0, 0.05) is 31.6 Å². The molecule has 11 heteroatoms.